The SMILES string of the molecule is N#Cc1ccc(C2=Cc3ccccc3[P@@]2(=O)c2ccccc2)cc1. The van der Waals surface area contributed by atoms with E-state index in [4.69, 9.17) is 5.26 Å². The molecule has 0 aromatic heterocycles. The standard InChI is InChI=1S/C21H14NOP/c22-15-16-10-12-17(13-11-16)21-14-18-6-4-5-9-20(18)24(21,23)19-7-2-1-3-8-19/h1-14H/t24-/m0/s1. The number of nitrogens with zero attached hydrogens (tertiary/aromatic N) is 1. The van der Waals surface area contributed by atoms with Crippen LogP contribution < -0.4 is 10.6 Å². The van der Waals surface area contributed by atoms with Crippen molar-refractivity contribution in [1.29, 1.82) is 5.26 Å². The first-order valence-corrected chi connectivity index (χ1v) is 9.42. The molecule has 1 atom stereocenters. The second kappa shape index (κ2) is 5.64. The highest BCUT2D eigenvalue weighted by molar-refractivity contribution is 7.88. The molecule has 0 bridgehead atoms. The van der Waals surface area contributed by atoms with Gasteiger partial charge in [0.05, 0.1) is 11.6 Å². The van der Waals surface area contributed by atoms with E-state index in [1.807, 2.05) is 72.8 Å². The van der Waals surface area contributed by atoms with Gasteiger partial charge >= 0.3 is 0 Å². The molecule has 0 N–H and O–H groups in total. The monoisotopic (exact) mass is 327 g/mol. The topological polar surface area (TPSA) is 40.9 Å². The summed E-state index contributed by atoms with van der Waals surface area (Å²) in [5, 5.41) is 11.6. The molecule has 4 rings (SSSR count). The first-order valence-electron chi connectivity index (χ1n) is 7.71. The summed E-state index contributed by atoms with van der Waals surface area (Å²) in [6, 6.07) is 26.9. The minimum atomic E-state index is -2.89. The Morgan fingerprint density at radius 2 is 1.46 bits per heavy atom. The molecule has 1 aliphatic rings. The summed E-state index contributed by atoms with van der Waals surface area (Å²) in [6.07, 6.45) is 2.02. The zero-order chi connectivity index (χ0) is 16.6. The molecular formula is C21H14NOP. The predicted octanol–water partition coefficient (Wildman–Crippen LogP) is 4.38. The summed E-state index contributed by atoms with van der Waals surface area (Å²) in [6.45, 7) is 0. The molecule has 0 radical (unpaired) electrons. The van der Waals surface area contributed by atoms with E-state index in [1.165, 1.54) is 0 Å². The Hall–Kier alpha value is -2.88. The number of benzene rings is 3. The molecule has 0 fully saturated rings. The van der Waals surface area contributed by atoms with Crippen molar-refractivity contribution in [1.82, 2.24) is 0 Å². The zero-order valence-corrected chi connectivity index (χ0v) is 13.8. The van der Waals surface area contributed by atoms with E-state index < -0.39 is 7.14 Å². The van der Waals surface area contributed by atoms with Crippen molar-refractivity contribution in [2.45, 2.75) is 0 Å². The van der Waals surface area contributed by atoms with E-state index in [1.54, 1.807) is 12.1 Å². The van der Waals surface area contributed by atoms with Gasteiger partial charge < -0.3 is 4.57 Å². The number of hydrogen-bond acceptors (Lipinski definition) is 2. The fourth-order valence-corrected chi connectivity index (χ4v) is 6.20. The summed E-state index contributed by atoms with van der Waals surface area (Å²) in [4.78, 5) is 0. The maximum absolute atomic E-state index is 14.2. The lowest BCUT2D eigenvalue weighted by molar-refractivity contribution is 0.593. The minimum absolute atomic E-state index is 0.601. The van der Waals surface area contributed by atoms with Crippen LogP contribution in [0.3, 0.4) is 0 Å². The van der Waals surface area contributed by atoms with Gasteiger partial charge in [-0.2, -0.15) is 5.26 Å². The molecule has 3 aromatic carbocycles. The molecule has 1 heterocycles. The van der Waals surface area contributed by atoms with Crippen molar-refractivity contribution in [3.8, 4) is 6.07 Å². The first-order chi connectivity index (χ1) is 11.7. The van der Waals surface area contributed by atoms with E-state index in [0.717, 1.165) is 27.1 Å². The van der Waals surface area contributed by atoms with Gasteiger partial charge in [0, 0.05) is 15.9 Å². The maximum Gasteiger partial charge on any atom is 0.172 e. The van der Waals surface area contributed by atoms with Gasteiger partial charge in [0.25, 0.3) is 0 Å². The zero-order valence-electron chi connectivity index (χ0n) is 12.9. The molecule has 0 spiro atoms. The number of rotatable bonds is 2. The van der Waals surface area contributed by atoms with Crippen molar-refractivity contribution in [2.24, 2.45) is 0 Å². The Kier molecular flexibility index (Phi) is 3.45. The largest absolute Gasteiger partial charge is 0.309 e. The van der Waals surface area contributed by atoms with Gasteiger partial charge in [-0.25, -0.2) is 0 Å². The van der Waals surface area contributed by atoms with E-state index in [0.29, 0.717) is 5.56 Å². The Morgan fingerprint density at radius 3 is 2.17 bits per heavy atom. The Morgan fingerprint density at radius 1 is 0.792 bits per heavy atom. The van der Waals surface area contributed by atoms with Crippen LogP contribution in [0.5, 0.6) is 0 Å². The molecule has 3 aromatic rings. The highest BCUT2D eigenvalue weighted by Gasteiger charge is 2.38. The molecule has 1 aliphatic heterocycles. The van der Waals surface area contributed by atoms with E-state index in [2.05, 4.69) is 6.07 Å². The van der Waals surface area contributed by atoms with Crippen molar-refractivity contribution >= 4 is 29.1 Å². The summed E-state index contributed by atoms with van der Waals surface area (Å²) in [5.41, 5.74) is 2.51. The van der Waals surface area contributed by atoms with Crippen LogP contribution in [0, 0.1) is 11.3 Å². The van der Waals surface area contributed by atoms with Gasteiger partial charge in [0.15, 0.2) is 7.14 Å². The molecule has 0 amide bonds. The Balaban J connectivity index is 1.96. The van der Waals surface area contributed by atoms with Crippen molar-refractivity contribution in [3.63, 3.8) is 0 Å². The molecule has 0 unspecified atom stereocenters. The van der Waals surface area contributed by atoms with Gasteiger partial charge in [-0.15, -0.1) is 0 Å². The fraction of sp³-hybridized carbons (Fsp3) is 0. The smallest absolute Gasteiger partial charge is 0.172 e. The third kappa shape index (κ3) is 2.14. The lowest BCUT2D eigenvalue weighted by Crippen LogP contribution is -2.15. The minimum Gasteiger partial charge on any atom is -0.309 e. The highest BCUT2D eigenvalue weighted by atomic mass is 31.2. The molecule has 0 saturated heterocycles. The maximum atomic E-state index is 14.2. The third-order valence-corrected chi connectivity index (χ3v) is 7.51. The first kappa shape index (κ1) is 14.7. The molecule has 114 valence electrons. The second-order valence-corrected chi connectivity index (χ2v) is 8.42. The van der Waals surface area contributed by atoms with Crippen LogP contribution in [0.25, 0.3) is 11.4 Å². The average Bonchev–Trinajstić information content (AvgIpc) is 2.97. The Bertz CT molecular complexity index is 1030. The van der Waals surface area contributed by atoms with Crippen LogP contribution >= 0.6 is 7.14 Å². The highest BCUT2D eigenvalue weighted by Crippen LogP contribution is 2.61. The van der Waals surface area contributed by atoms with Crippen LogP contribution in [0.2, 0.25) is 0 Å². The normalized spacial score (nSPS) is 18.5. The lowest BCUT2D eigenvalue weighted by Gasteiger charge is -2.19. The van der Waals surface area contributed by atoms with Gasteiger partial charge in [0.2, 0.25) is 0 Å². The van der Waals surface area contributed by atoms with Gasteiger partial charge in [-0.3, -0.25) is 0 Å². The van der Waals surface area contributed by atoms with Crippen molar-refractivity contribution in [2.75, 3.05) is 0 Å². The molecule has 2 nitrogen and oxygen atoms in total. The molecule has 24 heavy (non-hydrogen) atoms. The van der Waals surface area contributed by atoms with Crippen molar-refractivity contribution < 1.29 is 4.57 Å². The fourth-order valence-electron chi connectivity index (χ4n) is 3.16. The molecule has 0 saturated carbocycles. The van der Waals surface area contributed by atoms with Crippen LogP contribution in [0.15, 0.2) is 78.9 Å². The van der Waals surface area contributed by atoms with Crippen LogP contribution in [-0.2, 0) is 4.57 Å². The molecular weight excluding hydrogens is 313 g/mol. The number of hydrogen-bond donors (Lipinski definition) is 0. The predicted molar refractivity (Wildman–Crippen MR) is 98.8 cm³/mol. The van der Waals surface area contributed by atoms with Crippen LogP contribution in [0.1, 0.15) is 16.7 Å². The molecule has 3 heteroatoms. The number of fused-ring (bicyclic) bond motifs is 1. The summed E-state index contributed by atoms with van der Waals surface area (Å²) in [7, 11) is -2.89. The third-order valence-electron chi connectivity index (χ3n) is 4.34. The summed E-state index contributed by atoms with van der Waals surface area (Å²) in [5.74, 6) is 0. The second-order valence-electron chi connectivity index (χ2n) is 5.72. The van der Waals surface area contributed by atoms with Crippen molar-refractivity contribution in [3.05, 3.63) is 95.6 Å². The lowest BCUT2D eigenvalue weighted by atomic mass is 10.1. The van der Waals surface area contributed by atoms with E-state index in [-0.39, 0.29) is 0 Å². The van der Waals surface area contributed by atoms with E-state index in [9.17, 15) is 4.57 Å². The van der Waals surface area contributed by atoms with Gasteiger partial charge in [0.1, 0.15) is 0 Å². The van der Waals surface area contributed by atoms with E-state index >= 15 is 0 Å². The van der Waals surface area contributed by atoms with Gasteiger partial charge in [-0.1, -0.05) is 66.7 Å². The summed E-state index contributed by atoms with van der Waals surface area (Å²) >= 11 is 0. The summed E-state index contributed by atoms with van der Waals surface area (Å²) < 4.78 is 14.2. The molecule has 0 aliphatic carbocycles. The van der Waals surface area contributed by atoms with Crippen LogP contribution in [-0.4, -0.2) is 0 Å². The Labute approximate surface area is 141 Å². The average molecular weight is 327 g/mol. The van der Waals surface area contributed by atoms with Crippen LogP contribution in [0.4, 0.5) is 0 Å². The van der Waals surface area contributed by atoms with Gasteiger partial charge in [-0.05, 0) is 29.3 Å². The quantitative estimate of drug-likeness (QED) is 0.655. The number of nitriles is 1.